The summed E-state index contributed by atoms with van der Waals surface area (Å²) in [5, 5.41) is 4.85. The number of nitrogens with zero attached hydrogens (tertiary/aromatic N) is 2. The number of sulfonamides is 1. The van der Waals surface area contributed by atoms with Gasteiger partial charge in [0.2, 0.25) is 15.9 Å². The Kier molecular flexibility index (Phi) is 9.04. The van der Waals surface area contributed by atoms with Crippen LogP contribution in [0, 0.1) is 0 Å². The standard InChI is InChI=1S/C23H31N3O5S2/c1-4-9-25(16-19-6-5-14-32-19)17-23(27)24-21-15-20(7-8-22(21)31-18(2)3)33(28,29)26-10-12-30-13-11-26/h4-8,14-15,18H,1,9-13,16-17H2,2-3H3,(H,24,27). The zero-order valence-electron chi connectivity index (χ0n) is 19.0. The molecule has 0 spiro atoms. The second-order valence-electron chi connectivity index (χ2n) is 7.93. The SMILES string of the molecule is C=CCN(CC(=O)Nc1cc(S(=O)(=O)N2CCOCC2)ccc1OC(C)C)Cc1cccs1. The molecule has 0 bridgehead atoms. The van der Waals surface area contributed by atoms with E-state index in [1.54, 1.807) is 23.5 Å². The molecule has 1 aromatic carbocycles. The summed E-state index contributed by atoms with van der Waals surface area (Å²) in [4.78, 5) is 16.1. The third-order valence-corrected chi connectivity index (χ3v) is 7.67. The van der Waals surface area contributed by atoms with Crippen molar-refractivity contribution in [3.05, 3.63) is 53.2 Å². The number of nitrogens with one attached hydrogen (secondary N) is 1. The predicted molar refractivity (Wildman–Crippen MR) is 130 cm³/mol. The zero-order valence-corrected chi connectivity index (χ0v) is 20.7. The molecule has 0 aliphatic carbocycles. The van der Waals surface area contributed by atoms with Gasteiger partial charge in [0, 0.05) is 31.1 Å². The van der Waals surface area contributed by atoms with Crippen LogP contribution in [-0.4, -0.2) is 69.0 Å². The summed E-state index contributed by atoms with van der Waals surface area (Å²) in [5.41, 5.74) is 0.331. The van der Waals surface area contributed by atoms with Crippen LogP contribution in [0.5, 0.6) is 5.75 Å². The first-order chi connectivity index (χ1) is 15.8. The van der Waals surface area contributed by atoms with E-state index in [0.717, 1.165) is 4.88 Å². The molecule has 0 atom stereocenters. The largest absolute Gasteiger partial charge is 0.489 e. The molecule has 10 heteroatoms. The molecule has 2 heterocycles. The molecule has 1 aliphatic heterocycles. The predicted octanol–water partition coefficient (Wildman–Crippen LogP) is 3.18. The van der Waals surface area contributed by atoms with Crippen molar-refractivity contribution in [1.82, 2.24) is 9.21 Å². The van der Waals surface area contributed by atoms with Crippen LogP contribution >= 0.6 is 11.3 Å². The van der Waals surface area contributed by atoms with Gasteiger partial charge in [0.25, 0.3) is 0 Å². The number of hydrogen-bond donors (Lipinski definition) is 1. The summed E-state index contributed by atoms with van der Waals surface area (Å²) in [5.74, 6) is 0.163. The van der Waals surface area contributed by atoms with E-state index in [0.29, 0.717) is 50.8 Å². The highest BCUT2D eigenvalue weighted by molar-refractivity contribution is 7.89. The van der Waals surface area contributed by atoms with Gasteiger partial charge in [0.05, 0.1) is 36.4 Å². The molecular formula is C23H31N3O5S2. The lowest BCUT2D eigenvalue weighted by Crippen LogP contribution is -2.40. The third kappa shape index (κ3) is 7.12. The number of anilines is 1. The van der Waals surface area contributed by atoms with E-state index < -0.39 is 10.0 Å². The van der Waals surface area contributed by atoms with Crippen molar-refractivity contribution in [1.29, 1.82) is 0 Å². The van der Waals surface area contributed by atoms with Crippen LogP contribution < -0.4 is 10.1 Å². The Morgan fingerprint density at radius 3 is 2.73 bits per heavy atom. The Morgan fingerprint density at radius 2 is 2.09 bits per heavy atom. The van der Waals surface area contributed by atoms with Crippen molar-refractivity contribution in [3.63, 3.8) is 0 Å². The van der Waals surface area contributed by atoms with Crippen molar-refractivity contribution in [2.24, 2.45) is 0 Å². The van der Waals surface area contributed by atoms with Gasteiger partial charge >= 0.3 is 0 Å². The van der Waals surface area contributed by atoms with E-state index in [2.05, 4.69) is 11.9 Å². The van der Waals surface area contributed by atoms with E-state index in [1.165, 1.54) is 16.4 Å². The molecule has 2 aromatic rings. The average molecular weight is 494 g/mol. The molecular weight excluding hydrogens is 462 g/mol. The summed E-state index contributed by atoms with van der Waals surface area (Å²) in [6.07, 6.45) is 1.61. The fraction of sp³-hybridized carbons (Fsp3) is 0.435. The van der Waals surface area contributed by atoms with Crippen LogP contribution in [0.3, 0.4) is 0 Å². The van der Waals surface area contributed by atoms with E-state index in [9.17, 15) is 13.2 Å². The molecule has 8 nitrogen and oxygen atoms in total. The van der Waals surface area contributed by atoms with Gasteiger partial charge in [-0.15, -0.1) is 17.9 Å². The van der Waals surface area contributed by atoms with Crippen LogP contribution in [0.2, 0.25) is 0 Å². The Hall–Kier alpha value is -2.24. The minimum atomic E-state index is -3.71. The lowest BCUT2D eigenvalue weighted by Gasteiger charge is -2.26. The van der Waals surface area contributed by atoms with Crippen LogP contribution in [0.4, 0.5) is 5.69 Å². The number of hydrogen-bond acceptors (Lipinski definition) is 7. The second-order valence-corrected chi connectivity index (χ2v) is 10.9. The number of rotatable bonds is 11. The highest BCUT2D eigenvalue weighted by atomic mass is 32.2. The fourth-order valence-electron chi connectivity index (χ4n) is 3.44. The Bertz CT molecular complexity index is 1030. The molecule has 1 fully saturated rings. The van der Waals surface area contributed by atoms with Gasteiger partial charge in [-0.25, -0.2) is 8.42 Å². The van der Waals surface area contributed by atoms with E-state index in [-0.39, 0.29) is 23.5 Å². The summed E-state index contributed by atoms with van der Waals surface area (Å²) >= 11 is 1.63. The lowest BCUT2D eigenvalue weighted by atomic mass is 10.2. The Morgan fingerprint density at radius 1 is 1.33 bits per heavy atom. The summed E-state index contributed by atoms with van der Waals surface area (Å²) in [6, 6.07) is 8.57. The minimum Gasteiger partial charge on any atom is -0.489 e. The van der Waals surface area contributed by atoms with Crippen molar-refractivity contribution in [3.8, 4) is 5.75 Å². The molecule has 0 unspecified atom stereocenters. The number of benzene rings is 1. The Balaban J connectivity index is 1.80. The summed E-state index contributed by atoms with van der Waals surface area (Å²) in [6.45, 7) is 10.1. The van der Waals surface area contributed by atoms with Crippen LogP contribution in [0.1, 0.15) is 18.7 Å². The van der Waals surface area contributed by atoms with Gasteiger partial charge in [-0.1, -0.05) is 12.1 Å². The average Bonchev–Trinajstić information content (AvgIpc) is 3.28. The second kappa shape index (κ2) is 11.8. The maximum atomic E-state index is 13.1. The van der Waals surface area contributed by atoms with Crippen molar-refractivity contribution in [2.75, 3.05) is 44.7 Å². The van der Waals surface area contributed by atoms with Crippen LogP contribution in [0.25, 0.3) is 0 Å². The van der Waals surface area contributed by atoms with E-state index in [1.807, 2.05) is 36.3 Å². The molecule has 1 aromatic heterocycles. The van der Waals surface area contributed by atoms with Crippen LogP contribution in [0.15, 0.2) is 53.3 Å². The summed E-state index contributed by atoms with van der Waals surface area (Å²) < 4.78 is 38.7. The lowest BCUT2D eigenvalue weighted by molar-refractivity contribution is -0.117. The first kappa shape index (κ1) is 25.4. The molecule has 0 saturated carbocycles. The van der Waals surface area contributed by atoms with Gasteiger partial charge in [0.15, 0.2) is 0 Å². The molecule has 1 saturated heterocycles. The Labute approximate surface area is 199 Å². The monoisotopic (exact) mass is 493 g/mol. The highest BCUT2D eigenvalue weighted by Crippen LogP contribution is 2.30. The van der Waals surface area contributed by atoms with E-state index in [4.69, 9.17) is 9.47 Å². The molecule has 1 N–H and O–H groups in total. The van der Waals surface area contributed by atoms with E-state index >= 15 is 0 Å². The zero-order chi connectivity index (χ0) is 23.8. The minimum absolute atomic E-state index is 0.109. The number of amides is 1. The van der Waals surface area contributed by atoms with Gasteiger partial charge in [0.1, 0.15) is 5.75 Å². The maximum Gasteiger partial charge on any atom is 0.243 e. The number of ether oxygens (including phenoxy) is 2. The molecule has 33 heavy (non-hydrogen) atoms. The van der Waals surface area contributed by atoms with Crippen molar-refractivity contribution in [2.45, 2.75) is 31.4 Å². The molecule has 3 rings (SSSR count). The number of carbonyl (C=O) groups excluding carboxylic acids is 1. The number of thiophene rings is 1. The van der Waals surface area contributed by atoms with Crippen molar-refractivity contribution >= 4 is 33.0 Å². The summed E-state index contributed by atoms with van der Waals surface area (Å²) in [7, 11) is -3.71. The third-order valence-electron chi connectivity index (χ3n) is 4.91. The first-order valence-corrected chi connectivity index (χ1v) is 13.2. The fourth-order valence-corrected chi connectivity index (χ4v) is 5.62. The molecule has 1 amide bonds. The quantitative estimate of drug-likeness (QED) is 0.484. The first-order valence-electron chi connectivity index (χ1n) is 10.8. The van der Waals surface area contributed by atoms with Crippen LogP contribution in [-0.2, 0) is 26.1 Å². The molecule has 0 radical (unpaired) electrons. The highest BCUT2D eigenvalue weighted by Gasteiger charge is 2.27. The number of morpholine rings is 1. The topological polar surface area (TPSA) is 88.2 Å². The molecule has 1 aliphatic rings. The van der Waals surface area contributed by atoms with Gasteiger partial charge in [-0.2, -0.15) is 4.31 Å². The molecule has 180 valence electrons. The van der Waals surface area contributed by atoms with Gasteiger partial charge < -0.3 is 14.8 Å². The van der Waals surface area contributed by atoms with Crippen molar-refractivity contribution < 1.29 is 22.7 Å². The number of carbonyl (C=O) groups is 1. The normalized spacial score (nSPS) is 15.0. The van der Waals surface area contributed by atoms with Gasteiger partial charge in [-0.3, -0.25) is 9.69 Å². The maximum absolute atomic E-state index is 13.1. The van der Waals surface area contributed by atoms with Gasteiger partial charge in [-0.05, 0) is 43.5 Å². The smallest absolute Gasteiger partial charge is 0.243 e.